The number of hydrogen-bond acceptors (Lipinski definition) is 2. The quantitative estimate of drug-likeness (QED) is 0.527. The Morgan fingerprint density at radius 3 is 2.57 bits per heavy atom. The Morgan fingerprint density at radius 2 is 1.93 bits per heavy atom. The molecule has 0 aliphatic heterocycles. The third-order valence-electron chi connectivity index (χ3n) is 5.48. The van der Waals surface area contributed by atoms with Gasteiger partial charge in [-0.3, -0.25) is 9.79 Å². The summed E-state index contributed by atoms with van der Waals surface area (Å²) in [5, 5.41) is 7.00. The van der Waals surface area contributed by atoms with Crippen molar-refractivity contribution in [1.29, 1.82) is 0 Å². The molecule has 5 nitrogen and oxygen atoms in total. The van der Waals surface area contributed by atoms with Gasteiger partial charge in [-0.2, -0.15) is 0 Å². The number of carbonyl (C=O) groups is 1. The Labute approximate surface area is 171 Å². The van der Waals surface area contributed by atoms with E-state index in [0.717, 1.165) is 36.0 Å². The fraction of sp³-hybridized carbons (Fsp3) is 0.652. The van der Waals surface area contributed by atoms with Gasteiger partial charge in [-0.05, 0) is 62.6 Å². The molecule has 0 bridgehead atoms. The maximum absolute atomic E-state index is 12.1. The molecule has 2 N–H and O–H groups in total. The third kappa shape index (κ3) is 7.17. The molecule has 0 atom stereocenters. The first-order valence-electron chi connectivity index (χ1n) is 10.9. The summed E-state index contributed by atoms with van der Waals surface area (Å²) in [4.78, 5) is 18.5. The van der Waals surface area contributed by atoms with Crippen molar-refractivity contribution in [1.82, 2.24) is 15.5 Å². The predicted molar refractivity (Wildman–Crippen MR) is 118 cm³/mol. The molecule has 156 valence electrons. The van der Waals surface area contributed by atoms with Crippen LogP contribution in [0.1, 0.15) is 68.3 Å². The third-order valence-corrected chi connectivity index (χ3v) is 5.48. The maximum Gasteiger partial charge on any atom is 0.253 e. The zero-order valence-electron chi connectivity index (χ0n) is 18.1. The summed E-state index contributed by atoms with van der Waals surface area (Å²) >= 11 is 0. The minimum atomic E-state index is 0.0408. The highest BCUT2D eigenvalue weighted by Crippen LogP contribution is 2.27. The summed E-state index contributed by atoms with van der Waals surface area (Å²) in [6.07, 6.45) is 8.64. The summed E-state index contributed by atoms with van der Waals surface area (Å²) in [7, 11) is 3.56. The monoisotopic (exact) mass is 386 g/mol. The van der Waals surface area contributed by atoms with E-state index in [1.165, 1.54) is 38.5 Å². The first-order chi connectivity index (χ1) is 13.5. The number of benzene rings is 1. The molecular weight excluding hydrogens is 348 g/mol. The Kier molecular flexibility index (Phi) is 9.32. The van der Waals surface area contributed by atoms with Gasteiger partial charge < -0.3 is 15.5 Å². The summed E-state index contributed by atoms with van der Waals surface area (Å²) in [5.41, 5.74) is 1.88. The van der Waals surface area contributed by atoms with Crippen molar-refractivity contribution in [2.24, 2.45) is 10.9 Å². The Morgan fingerprint density at radius 1 is 1.18 bits per heavy atom. The number of nitrogens with zero attached hydrogens (tertiary/aromatic N) is 2. The lowest BCUT2D eigenvalue weighted by atomic mass is 9.83. The van der Waals surface area contributed by atoms with Crippen LogP contribution in [0.25, 0.3) is 0 Å². The maximum atomic E-state index is 12.1. The van der Waals surface area contributed by atoms with E-state index >= 15 is 0 Å². The van der Waals surface area contributed by atoms with Crippen molar-refractivity contribution < 1.29 is 4.79 Å². The molecule has 0 aromatic heterocycles. The van der Waals surface area contributed by atoms with Crippen LogP contribution < -0.4 is 10.6 Å². The smallest absolute Gasteiger partial charge is 0.253 e. The zero-order chi connectivity index (χ0) is 20.4. The topological polar surface area (TPSA) is 56.7 Å². The van der Waals surface area contributed by atoms with E-state index in [9.17, 15) is 4.79 Å². The summed E-state index contributed by atoms with van der Waals surface area (Å²) in [5.74, 6) is 1.88. The van der Waals surface area contributed by atoms with E-state index in [1.807, 2.05) is 18.2 Å². The largest absolute Gasteiger partial charge is 0.357 e. The summed E-state index contributed by atoms with van der Waals surface area (Å²) in [6.45, 7) is 5.96. The normalized spacial score (nSPS) is 19.9. The van der Waals surface area contributed by atoms with Gasteiger partial charge in [0.2, 0.25) is 0 Å². The van der Waals surface area contributed by atoms with Crippen molar-refractivity contribution in [3.05, 3.63) is 35.4 Å². The van der Waals surface area contributed by atoms with Gasteiger partial charge in [-0.25, -0.2) is 0 Å². The fourth-order valence-corrected chi connectivity index (χ4v) is 3.93. The highest BCUT2D eigenvalue weighted by atomic mass is 16.2. The van der Waals surface area contributed by atoms with Crippen LogP contribution in [0.5, 0.6) is 0 Å². The molecular formula is C23H38N4O. The number of amides is 1. The van der Waals surface area contributed by atoms with Gasteiger partial charge in [-0.15, -0.1) is 0 Å². The van der Waals surface area contributed by atoms with Crippen molar-refractivity contribution in [3.8, 4) is 0 Å². The van der Waals surface area contributed by atoms with Gasteiger partial charge in [0.1, 0.15) is 0 Å². The molecule has 1 saturated carbocycles. The molecule has 1 aromatic rings. The molecule has 0 saturated heterocycles. The Balaban J connectivity index is 1.87. The number of guanidine groups is 1. The molecule has 1 aromatic carbocycles. The second kappa shape index (κ2) is 11.7. The first-order valence-corrected chi connectivity index (χ1v) is 10.9. The van der Waals surface area contributed by atoms with Crippen molar-refractivity contribution >= 4 is 11.9 Å². The van der Waals surface area contributed by atoms with E-state index in [2.05, 4.69) is 30.5 Å². The van der Waals surface area contributed by atoms with E-state index in [-0.39, 0.29) is 5.91 Å². The average Bonchev–Trinajstić information content (AvgIpc) is 2.69. The van der Waals surface area contributed by atoms with E-state index in [4.69, 9.17) is 4.99 Å². The van der Waals surface area contributed by atoms with Crippen LogP contribution in [0.2, 0.25) is 0 Å². The van der Waals surface area contributed by atoms with Crippen LogP contribution in [0.15, 0.2) is 29.3 Å². The van der Waals surface area contributed by atoms with Gasteiger partial charge >= 0.3 is 0 Å². The molecule has 0 spiro atoms. The number of carbonyl (C=O) groups excluding carboxylic acids is 1. The van der Waals surface area contributed by atoms with Crippen LogP contribution in [0, 0.1) is 5.92 Å². The molecule has 0 heterocycles. The SMILES string of the molecule is CCCC1CCC(NC(=NCCc2cccc(C(=O)N(C)C)c2)NCC)CC1. The van der Waals surface area contributed by atoms with Crippen LogP contribution in [0.3, 0.4) is 0 Å². The van der Waals surface area contributed by atoms with Crippen LogP contribution in [-0.4, -0.2) is 50.0 Å². The van der Waals surface area contributed by atoms with E-state index in [1.54, 1.807) is 19.0 Å². The standard InChI is InChI=1S/C23H38N4O/c1-5-8-18-11-13-21(14-12-18)26-23(24-6-2)25-16-15-19-9-7-10-20(17-19)22(28)27(3)4/h7,9-10,17-18,21H,5-6,8,11-16H2,1-4H3,(H2,24,25,26). The van der Waals surface area contributed by atoms with Gasteiger partial charge in [-0.1, -0.05) is 31.9 Å². The molecule has 1 fully saturated rings. The van der Waals surface area contributed by atoms with Crippen LogP contribution in [-0.2, 0) is 6.42 Å². The second-order valence-corrected chi connectivity index (χ2v) is 8.06. The van der Waals surface area contributed by atoms with Gasteiger partial charge in [0.05, 0.1) is 0 Å². The Bertz CT molecular complexity index is 633. The molecule has 5 heteroatoms. The first kappa shape index (κ1) is 22.3. The fourth-order valence-electron chi connectivity index (χ4n) is 3.93. The highest BCUT2D eigenvalue weighted by Gasteiger charge is 2.21. The molecule has 2 rings (SSSR count). The molecule has 28 heavy (non-hydrogen) atoms. The summed E-state index contributed by atoms with van der Waals surface area (Å²) < 4.78 is 0. The second-order valence-electron chi connectivity index (χ2n) is 8.06. The lowest BCUT2D eigenvalue weighted by Crippen LogP contribution is -2.45. The van der Waals surface area contributed by atoms with Crippen molar-refractivity contribution in [3.63, 3.8) is 0 Å². The number of aliphatic imine (C=N–C) groups is 1. The van der Waals surface area contributed by atoms with Crippen LogP contribution in [0.4, 0.5) is 0 Å². The molecule has 1 amide bonds. The lowest BCUT2D eigenvalue weighted by molar-refractivity contribution is 0.0827. The summed E-state index contributed by atoms with van der Waals surface area (Å²) in [6, 6.07) is 8.40. The molecule has 1 aliphatic carbocycles. The van der Waals surface area contributed by atoms with E-state index < -0.39 is 0 Å². The van der Waals surface area contributed by atoms with Crippen molar-refractivity contribution in [2.45, 2.75) is 64.8 Å². The minimum Gasteiger partial charge on any atom is -0.357 e. The van der Waals surface area contributed by atoms with Crippen LogP contribution >= 0.6 is 0 Å². The minimum absolute atomic E-state index is 0.0408. The average molecular weight is 387 g/mol. The zero-order valence-corrected chi connectivity index (χ0v) is 18.1. The molecule has 0 radical (unpaired) electrons. The van der Waals surface area contributed by atoms with Crippen molar-refractivity contribution in [2.75, 3.05) is 27.2 Å². The number of nitrogens with one attached hydrogen (secondary N) is 2. The number of hydrogen-bond donors (Lipinski definition) is 2. The van der Waals surface area contributed by atoms with E-state index in [0.29, 0.717) is 12.6 Å². The Hall–Kier alpha value is -2.04. The van der Waals surface area contributed by atoms with Gasteiger partial charge in [0, 0.05) is 38.8 Å². The number of rotatable bonds is 8. The molecule has 0 unspecified atom stereocenters. The lowest BCUT2D eigenvalue weighted by Gasteiger charge is -2.30. The van der Waals surface area contributed by atoms with Gasteiger partial charge in [0.25, 0.3) is 5.91 Å². The highest BCUT2D eigenvalue weighted by molar-refractivity contribution is 5.94. The predicted octanol–water partition coefficient (Wildman–Crippen LogP) is 3.84. The van der Waals surface area contributed by atoms with Gasteiger partial charge in [0.15, 0.2) is 5.96 Å². The molecule has 1 aliphatic rings.